The lowest BCUT2D eigenvalue weighted by Crippen LogP contribution is -2.31. The molecule has 0 aliphatic rings. The maximum Gasteiger partial charge on any atom is 0.306 e. The van der Waals surface area contributed by atoms with Gasteiger partial charge in [0, 0.05) is 12.8 Å². The van der Waals surface area contributed by atoms with Gasteiger partial charge in [-0.1, -0.05) is 34.6 Å². The molecule has 4 heteroatoms. The maximum absolute atomic E-state index is 11.7. The first-order chi connectivity index (χ1) is 8.81. The summed E-state index contributed by atoms with van der Waals surface area (Å²) >= 11 is 0. The van der Waals surface area contributed by atoms with Crippen molar-refractivity contribution in [2.45, 2.75) is 72.8 Å². The van der Waals surface area contributed by atoms with Crippen LogP contribution in [-0.2, 0) is 19.1 Å². The first-order valence-electron chi connectivity index (χ1n) is 7.16. The fourth-order valence-electron chi connectivity index (χ4n) is 1.76. The van der Waals surface area contributed by atoms with E-state index in [-0.39, 0.29) is 36.3 Å². The first kappa shape index (κ1) is 17.9. The zero-order chi connectivity index (χ0) is 14.9. The van der Waals surface area contributed by atoms with Gasteiger partial charge in [0.25, 0.3) is 0 Å². The molecular weight excluding hydrogens is 244 g/mol. The Hall–Kier alpha value is -1.06. The molecule has 0 aliphatic heterocycles. The second-order valence-corrected chi connectivity index (χ2v) is 5.83. The first-order valence-corrected chi connectivity index (χ1v) is 7.16. The number of esters is 2. The van der Waals surface area contributed by atoms with Crippen LogP contribution in [0.1, 0.15) is 66.7 Å². The molecule has 0 rings (SSSR count). The molecule has 0 saturated carbocycles. The Kier molecular flexibility index (Phi) is 8.44. The number of hydrogen-bond acceptors (Lipinski definition) is 4. The monoisotopic (exact) mass is 272 g/mol. The topological polar surface area (TPSA) is 52.6 Å². The summed E-state index contributed by atoms with van der Waals surface area (Å²) in [5, 5.41) is 0. The Bertz CT molecular complexity index is 278. The highest BCUT2D eigenvalue weighted by atomic mass is 16.5. The molecule has 0 radical (unpaired) electrons. The molecule has 1 unspecified atom stereocenters. The standard InChI is InChI=1S/C15H28O4/c1-6-11-18-13(16)9-8-10-14(17)19-12(7-2)15(3,4)5/h12H,6-11H2,1-5H3. The highest BCUT2D eigenvalue weighted by molar-refractivity contribution is 5.72. The van der Waals surface area contributed by atoms with Crippen LogP contribution in [0.3, 0.4) is 0 Å². The van der Waals surface area contributed by atoms with Crippen molar-refractivity contribution < 1.29 is 19.1 Å². The lowest BCUT2D eigenvalue weighted by atomic mass is 9.87. The average Bonchev–Trinajstić information content (AvgIpc) is 2.31. The fraction of sp³-hybridized carbons (Fsp3) is 0.867. The van der Waals surface area contributed by atoms with E-state index in [0.717, 1.165) is 12.8 Å². The van der Waals surface area contributed by atoms with Crippen molar-refractivity contribution in [3.8, 4) is 0 Å². The molecule has 0 bridgehead atoms. The van der Waals surface area contributed by atoms with Crippen molar-refractivity contribution in [2.24, 2.45) is 5.41 Å². The highest BCUT2D eigenvalue weighted by Crippen LogP contribution is 2.25. The van der Waals surface area contributed by atoms with Crippen LogP contribution in [0.25, 0.3) is 0 Å². The van der Waals surface area contributed by atoms with Crippen LogP contribution in [0.15, 0.2) is 0 Å². The van der Waals surface area contributed by atoms with Gasteiger partial charge in [-0.25, -0.2) is 0 Å². The average molecular weight is 272 g/mol. The smallest absolute Gasteiger partial charge is 0.306 e. The van der Waals surface area contributed by atoms with E-state index in [1.807, 2.05) is 13.8 Å². The van der Waals surface area contributed by atoms with Gasteiger partial charge in [-0.3, -0.25) is 9.59 Å². The van der Waals surface area contributed by atoms with Crippen LogP contribution in [0.5, 0.6) is 0 Å². The largest absolute Gasteiger partial charge is 0.466 e. The number of rotatable bonds is 8. The number of ether oxygens (including phenoxy) is 2. The third-order valence-corrected chi connectivity index (χ3v) is 2.84. The molecule has 0 aromatic rings. The van der Waals surface area contributed by atoms with Gasteiger partial charge >= 0.3 is 11.9 Å². The van der Waals surface area contributed by atoms with Crippen LogP contribution in [-0.4, -0.2) is 24.6 Å². The molecule has 4 nitrogen and oxygen atoms in total. The molecule has 0 aromatic carbocycles. The van der Waals surface area contributed by atoms with Gasteiger partial charge in [-0.05, 0) is 24.7 Å². The van der Waals surface area contributed by atoms with E-state index in [1.54, 1.807) is 0 Å². The Labute approximate surface area is 116 Å². The lowest BCUT2D eigenvalue weighted by molar-refractivity contribution is -0.155. The molecule has 0 fully saturated rings. The summed E-state index contributed by atoms with van der Waals surface area (Å²) in [6, 6.07) is 0. The van der Waals surface area contributed by atoms with E-state index >= 15 is 0 Å². The summed E-state index contributed by atoms with van der Waals surface area (Å²) in [7, 11) is 0. The minimum absolute atomic E-state index is 0.0511. The molecule has 0 spiro atoms. The summed E-state index contributed by atoms with van der Waals surface area (Å²) in [5.41, 5.74) is -0.0511. The third-order valence-electron chi connectivity index (χ3n) is 2.84. The molecular formula is C15H28O4. The summed E-state index contributed by atoms with van der Waals surface area (Å²) in [6.07, 6.45) is 2.58. The van der Waals surface area contributed by atoms with Crippen molar-refractivity contribution in [1.29, 1.82) is 0 Å². The second kappa shape index (κ2) is 8.94. The quantitative estimate of drug-likeness (QED) is 0.635. The predicted octanol–water partition coefficient (Wildman–Crippen LogP) is 3.48. The molecule has 0 aromatic heterocycles. The molecule has 0 saturated heterocycles. The van der Waals surface area contributed by atoms with E-state index in [1.165, 1.54) is 0 Å². The number of carbonyl (C=O) groups is 2. The van der Waals surface area contributed by atoms with Crippen molar-refractivity contribution >= 4 is 11.9 Å². The van der Waals surface area contributed by atoms with Gasteiger partial charge in [0.05, 0.1) is 6.61 Å². The number of carbonyl (C=O) groups excluding carboxylic acids is 2. The van der Waals surface area contributed by atoms with Gasteiger partial charge in [0.15, 0.2) is 0 Å². The van der Waals surface area contributed by atoms with Crippen LogP contribution in [0.4, 0.5) is 0 Å². The van der Waals surface area contributed by atoms with Gasteiger partial charge in [-0.2, -0.15) is 0 Å². The fourth-order valence-corrected chi connectivity index (χ4v) is 1.76. The molecule has 1 atom stereocenters. The van der Waals surface area contributed by atoms with E-state index in [2.05, 4.69) is 20.8 Å². The molecule has 0 heterocycles. The normalized spacial score (nSPS) is 12.9. The molecule has 112 valence electrons. The van der Waals surface area contributed by atoms with E-state index in [9.17, 15) is 9.59 Å². The van der Waals surface area contributed by atoms with Crippen molar-refractivity contribution in [2.75, 3.05) is 6.61 Å². The minimum atomic E-state index is -0.238. The van der Waals surface area contributed by atoms with Crippen LogP contribution < -0.4 is 0 Å². The van der Waals surface area contributed by atoms with Crippen LogP contribution in [0, 0.1) is 5.41 Å². The van der Waals surface area contributed by atoms with Gasteiger partial charge < -0.3 is 9.47 Å². The summed E-state index contributed by atoms with van der Waals surface area (Å²) in [6.45, 7) is 10.6. The number of hydrogen-bond donors (Lipinski definition) is 0. The SMILES string of the molecule is CCCOC(=O)CCCC(=O)OC(CC)C(C)(C)C. The summed E-state index contributed by atoms with van der Waals surface area (Å²) < 4.78 is 10.4. The summed E-state index contributed by atoms with van der Waals surface area (Å²) in [4.78, 5) is 22.9. The molecule has 0 amide bonds. The lowest BCUT2D eigenvalue weighted by Gasteiger charge is -2.29. The van der Waals surface area contributed by atoms with Crippen LogP contribution >= 0.6 is 0 Å². The van der Waals surface area contributed by atoms with Crippen LogP contribution in [0.2, 0.25) is 0 Å². The zero-order valence-electron chi connectivity index (χ0n) is 13.0. The Balaban J connectivity index is 3.90. The van der Waals surface area contributed by atoms with Crippen molar-refractivity contribution in [1.82, 2.24) is 0 Å². The molecule has 0 aliphatic carbocycles. The maximum atomic E-state index is 11.7. The van der Waals surface area contributed by atoms with Gasteiger partial charge in [-0.15, -0.1) is 0 Å². The Morgan fingerprint density at radius 2 is 1.63 bits per heavy atom. The van der Waals surface area contributed by atoms with E-state index in [0.29, 0.717) is 13.0 Å². The highest BCUT2D eigenvalue weighted by Gasteiger charge is 2.26. The van der Waals surface area contributed by atoms with E-state index < -0.39 is 0 Å². The summed E-state index contributed by atoms with van der Waals surface area (Å²) in [5.74, 6) is -0.470. The second-order valence-electron chi connectivity index (χ2n) is 5.83. The zero-order valence-corrected chi connectivity index (χ0v) is 13.0. The third kappa shape index (κ3) is 8.62. The minimum Gasteiger partial charge on any atom is -0.466 e. The Morgan fingerprint density at radius 3 is 2.11 bits per heavy atom. The van der Waals surface area contributed by atoms with E-state index in [4.69, 9.17) is 9.47 Å². The van der Waals surface area contributed by atoms with Gasteiger partial charge in [0.2, 0.25) is 0 Å². The molecule has 19 heavy (non-hydrogen) atoms. The molecule has 0 N–H and O–H groups in total. The van der Waals surface area contributed by atoms with Gasteiger partial charge in [0.1, 0.15) is 6.10 Å². The van der Waals surface area contributed by atoms with Crippen molar-refractivity contribution in [3.05, 3.63) is 0 Å². The predicted molar refractivity (Wildman–Crippen MR) is 74.7 cm³/mol. The van der Waals surface area contributed by atoms with Crippen molar-refractivity contribution in [3.63, 3.8) is 0 Å². The Morgan fingerprint density at radius 1 is 1.05 bits per heavy atom.